The SMILES string of the molecule is CCOC(=O)C1=C(C)N=c2sc(=Cc3c(C)nn(-c4ccccc4)c3C)c(=O)n2C1c1cccs1. The second kappa shape index (κ2) is 9.24. The van der Waals surface area contributed by atoms with Crippen LogP contribution in [-0.2, 0) is 9.53 Å². The standard InChI is InChI=1S/C26H24N4O3S2/c1-5-33-25(32)22-16(3)27-26-29(23(22)20-12-9-13-34-20)24(31)21(35-26)14-19-15(2)28-30(17(19)4)18-10-7-6-8-11-18/h6-14,23H,5H2,1-4H3. The fraction of sp³-hybridized carbons (Fsp3) is 0.231. The number of para-hydroxylation sites is 1. The van der Waals surface area contributed by atoms with Crippen LogP contribution in [-0.4, -0.2) is 26.9 Å². The number of allylic oxidation sites excluding steroid dienone is 1. The molecule has 178 valence electrons. The number of hydrogen-bond donors (Lipinski definition) is 0. The summed E-state index contributed by atoms with van der Waals surface area (Å²) in [7, 11) is 0. The molecule has 4 aromatic rings. The molecule has 0 aliphatic carbocycles. The number of carbonyl (C=O) groups excluding carboxylic acids is 1. The van der Waals surface area contributed by atoms with Gasteiger partial charge in [-0.2, -0.15) is 5.10 Å². The normalized spacial score (nSPS) is 15.8. The van der Waals surface area contributed by atoms with Crippen molar-refractivity contribution >= 4 is 34.7 Å². The number of fused-ring (bicyclic) bond motifs is 1. The first-order valence-corrected chi connectivity index (χ1v) is 12.9. The van der Waals surface area contributed by atoms with Crippen LogP contribution in [0.4, 0.5) is 0 Å². The van der Waals surface area contributed by atoms with Gasteiger partial charge in [-0.05, 0) is 57.4 Å². The summed E-state index contributed by atoms with van der Waals surface area (Å²) >= 11 is 2.82. The molecule has 0 spiro atoms. The summed E-state index contributed by atoms with van der Waals surface area (Å²) in [6, 6.07) is 13.2. The van der Waals surface area contributed by atoms with Gasteiger partial charge in [-0.25, -0.2) is 14.5 Å². The summed E-state index contributed by atoms with van der Waals surface area (Å²) in [5.41, 5.74) is 4.41. The van der Waals surface area contributed by atoms with Gasteiger partial charge in [0.05, 0.1) is 33.8 Å². The maximum atomic E-state index is 13.7. The van der Waals surface area contributed by atoms with E-state index in [4.69, 9.17) is 9.84 Å². The van der Waals surface area contributed by atoms with Crippen molar-refractivity contribution in [2.24, 2.45) is 4.99 Å². The second-order valence-corrected chi connectivity index (χ2v) is 10.1. The van der Waals surface area contributed by atoms with Crippen molar-refractivity contribution in [1.82, 2.24) is 14.3 Å². The first kappa shape index (κ1) is 23.2. The van der Waals surface area contributed by atoms with E-state index >= 15 is 0 Å². The summed E-state index contributed by atoms with van der Waals surface area (Å²) in [4.78, 5) is 32.7. The summed E-state index contributed by atoms with van der Waals surface area (Å²) in [6.45, 7) is 7.74. The topological polar surface area (TPSA) is 78.5 Å². The maximum Gasteiger partial charge on any atom is 0.338 e. The van der Waals surface area contributed by atoms with Gasteiger partial charge in [0, 0.05) is 16.1 Å². The number of rotatable bonds is 5. The lowest BCUT2D eigenvalue weighted by Crippen LogP contribution is -2.39. The van der Waals surface area contributed by atoms with Crippen LogP contribution >= 0.6 is 22.7 Å². The Morgan fingerprint density at radius 1 is 1.14 bits per heavy atom. The van der Waals surface area contributed by atoms with Gasteiger partial charge in [0.1, 0.15) is 6.04 Å². The second-order valence-electron chi connectivity index (χ2n) is 8.15. The molecule has 0 amide bonds. The summed E-state index contributed by atoms with van der Waals surface area (Å²) in [5.74, 6) is -0.447. The molecule has 0 saturated heterocycles. The number of ether oxygens (including phenoxy) is 1. The highest BCUT2D eigenvalue weighted by Crippen LogP contribution is 2.33. The number of thiazole rings is 1. The molecule has 0 fully saturated rings. The summed E-state index contributed by atoms with van der Waals surface area (Å²) in [6.07, 6.45) is 1.88. The Morgan fingerprint density at radius 2 is 1.91 bits per heavy atom. The van der Waals surface area contributed by atoms with Gasteiger partial charge in [0.2, 0.25) is 0 Å². The molecule has 1 atom stereocenters. The van der Waals surface area contributed by atoms with E-state index in [2.05, 4.69) is 4.99 Å². The average molecular weight is 505 g/mol. The highest BCUT2D eigenvalue weighted by atomic mass is 32.1. The molecule has 5 rings (SSSR count). The Labute approximate surface area is 210 Å². The highest BCUT2D eigenvalue weighted by Gasteiger charge is 2.34. The predicted octanol–water partition coefficient (Wildman–Crippen LogP) is 3.66. The molecule has 0 saturated carbocycles. The van der Waals surface area contributed by atoms with Crippen LogP contribution in [0, 0.1) is 13.8 Å². The Bertz CT molecular complexity index is 1620. The predicted molar refractivity (Wildman–Crippen MR) is 138 cm³/mol. The Hall–Kier alpha value is -3.56. The van der Waals surface area contributed by atoms with E-state index in [0.717, 1.165) is 27.5 Å². The van der Waals surface area contributed by atoms with Crippen molar-refractivity contribution in [1.29, 1.82) is 0 Å². The van der Waals surface area contributed by atoms with E-state index in [9.17, 15) is 9.59 Å². The van der Waals surface area contributed by atoms with E-state index in [1.54, 1.807) is 18.4 Å². The molecule has 4 heterocycles. The largest absolute Gasteiger partial charge is 0.463 e. The zero-order chi connectivity index (χ0) is 24.7. The third kappa shape index (κ3) is 4.00. The molecular formula is C26H24N4O3S2. The summed E-state index contributed by atoms with van der Waals surface area (Å²) < 4.78 is 9.38. The van der Waals surface area contributed by atoms with Crippen LogP contribution in [0.5, 0.6) is 0 Å². The van der Waals surface area contributed by atoms with Crippen molar-refractivity contribution < 1.29 is 9.53 Å². The molecule has 1 aliphatic heterocycles. The maximum absolute atomic E-state index is 13.7. The van der Waals surface area contributed by atoms with Crippen LogP contribution < -0.4 is 14.9 Å². The number of aryl methyl sites for hydroxylation is 1. The zero-order valence-corrected chi connectivity index (χ0v) is 21.4. The molecule has 35 heavy (non-hydrogen) atoms. The molecule has 0 N–H and O–H groups in total. The molecule has 1 unspecified atom stereocenters. The molecule has 3 aromatic heterocycles. The minimum atomic E-state index is -0.568. The lowest BCUT2D eigenvalue weighted by atomic mass is 10.0. The highest BCUT2D eigenvalue weighted by molar-refractivity contribution is 7.10. The van der Waals surface area contributed by atoms with Gasteiger partial charge in [-0.1, -0.05) is 35.6 Å². The Balaban J connectivity index is 1.69. The van der Waals surface area contributed by atoms with E-state index in [1.807, 2.05) is 72.4 Å². The van der Waals surface area contributed by atoms with Crippen LogP contribution in [0.2, 0.25) is 0 Å². The molecule has 7 nitrogen and oxygen atoms in total. The van der Waals surface area contributed by atoms with E-state index in [0.29, 0.717) is 20.6 Å². The van der Waals surface area contributed by atoms with Crippen molar-refractivity contribution in [3.8, 4) is 5.69 Å². The number of thiophene rings is 1. The minimum absolute atomic E-state index is 0.187. The zero-order valence-electron chi connectivity index (χ0n) is 19.8. The number of carbonyl (C=O) groups is 1. The van der Waals surface area contributed by atoms with Crippen LogP contribution in [0.15, 0.2) is 68.9 Å². The Kier molecular flexibility index (Phi) is 6.12. The molecule has 9 heteroatoms. The van der Waals surface area contributed by atoms with Crippen molar-refractivity contribution in [3.05, 3.63) is 101 Å². The number of benzene rings is 1. The van der Waals surface area contributed by atoms with Gasteiger partial charge >= 0.3 is 5.97 Å². The number of nitrogens with zero attached hydrogens (tertiary/aromatic N) is 4. The van der Waals surface area contributed by atoms with Crippen molar-refractivity contribution in [2.75, 3.05) is 6.61 Å². The summed E-state index contributed by atoms with van der Waals surface area (Å²) in [5, 5.41) is 6.64. The van der Waals surface area contributed by atoms with Crippen LogP contribution in [0.3, 0.4) is 0 Å². The van der Waals surface area contributed by atoms with Crippen molar-refractivity contribution in [3.63, 3.8) is 0 Å². The van der Waals surface area contributed by atoms with Gasteiger partial charge in [-0.3, -0.25) is 9.36 Å². The third-order valence-corrected chi connectivity index (χ3v) is 7.86. The average Bonchev–Trinajstić information content (AvgIpc) is 3.55. The molecule has 1 aromatic carbocycles. The number of esters is 1. The van der Waals surface area contributed by atoms with Crippen LogP contribution in [0.25, 0.3) is 11.8 Å². The molecular weight excluding hydrogens is 480 g/mol. The Morgan fingerprint density at radius 3 is 2.60 bits per heavy atom. The third-order valence-electron chi connectivity index (χ3n) is 5.95. The van der Waals surface area contributed by atoms with Gasteiger partial charge in [0.25, 0.3) is 5.56 Å². The number of aromatic nitrogens is 3. The lowest BCUT2D eigenvalue weighted by Gasteiger charge is -2.23. The first-order chi connectivity index (χ1) is 16.9. The van der Waals surface area contributed by atoms with Crippen molar-refractivity contribution in [2.45, 2.75) is 33.7 Å². The first-order valence-electron chi connectivity index (χ1n) is 11.3. The quantitative estimate of drug-likeness (QED) is 0.389. The molecule has 0 radical (unpaired) electrons. The molecule has 0 bridgehead atoms. The fourth-order valence-electron chi connectivity index (χ4n) is 4.32. The smallest absolute Gasteiger partial charge is 0.338 e. The minimum Gasteiger partial charge on any atom is -0.463 e. The van der Waals surface area contributed by atoms with E-state index in [-0.39, 0.29) is 12.2 Å². The molecule has 1 aliphatic rings. The lowest BCUT2D eigenvalue weighted by molar-refractivity contribution is -0.139. The fourth-order valence-corrected chi connectivity index (χ4v) is 6.17. The van der Waals surface area contributed by atoms with Gasteiger partial charge in [-0.15, -0.1) is 11.3 Å². The van der Waals surface area contributed by atoms with Gasteiger partial charge < -0.3 is 4.74 Å². The van der Waals surface area contributed by atoms with Gasteiger partial charge in [0.15, 0.2) is 4.80 Å². The van der Waals surface area contributed by atoms with E-state index in [1.165, 1.54) is 22.7 Å². The number of hydrogen-bond acceptors (Lipinski definition) is 7. The van der Waals surface area contributed by atoms with E-state index < -0.39 is 12.0 Å². The van der Waals surface area contributed by atoms with Crippen LogP contribution in [0.1, 0.15) is 41.7 Å². The monoisotopic (exact) mass is 504 g/mol.